The Morgan fingerprint density at radius 2 is 1.88 bits per heavy atom. The summed E-state index contributed by atoms with van der Waals surface area (Å²) in [7, 11) is 0. The number of hydrogen-bond donors (Lipinski definition) is 3. The first kappa shape index (κ1) is 16.9. The monoisotopic (exact) mass is 338 g/mol. The molecule has 25 heavy (non-hydrogen) atoms. The van der Waals surface area contributed by atoms with Gasteiger partial charge in [-0.25, -0.2) is 4.39 Å². The molecule has 3 rings (SSSR count). The molecule has 4 nitrogen and oxygen atoms in total. The van der Waals surface area contributed by atoms with Gasteiger partial charge in [0.1, 0.15) is 5.82 Å². The maximum atomic E-state index is 13.1. The van der Waals surface area contributed by atoms with Gasteiger partial charge in [-0.1, -0.05) is 36.4 Å². The minimum absolute atomic E-state index is 0.109. The molecular weight excluding hydrogens is 319 g/mol. The number of hydrogen-bond acceptors (Lipinski definition) is 2. The molecule has 1 heterocycles. The molecule has 0 spiro atoms. The fourth-order valence-electron chi connectivity index (χ4n) is 2.78. The number of H-pyrrole nitrogens is 1. The fraction of sp³-hybridized carbons (Fsp3) is 0.150. The smallest absolute Gasteiger partial charge is 0.253 e. The first-order valence-electron chi connectivity index (χ1n) is 8.01. The zero-order valence-corrected chi connectivity index (χ0v) is 13.8. The average molecular weight is 338 g/mol. The van der Waals surface area contributed by atoms with E-state index in [1.54, 1.807) is 24.5 Å². The Balaban J connectivity index is 1.71. The summed E-state index contributed by atoms with van der Waals surface area (Å²) in [6, 6.07) is 13.5. The lowest BCUT2D eigenvalue weighted by atomic mass is 10.0. The molecule has 1 unspecified atom stereocenters. The largest absolute Gasteiger partial charge is 0.387 e. The van der Waals surface area contributed by atoms with Crippen LogP contribution >= 0.6 is 0 Å². The van der Waals surface area contributed by atoms with Gasteiger partial charge >= 0.3 is 0 Å². The highest BCUT2D eigenvalue weighted by Gasteiger charge is 2.16. The van der Waals surface area contributed by atoms with Crippen LogP contribution in [0.2, 0.25) is 0 Å². The van der Waals surface area contributed by atoms with Gasteiger partial charge in [0.15, 0.2) is 0 Å². The predicted octanol–water partition coefficient (Wildman–Crippen LogP) is 3.59. The second-order valence-corrected chi connectivity index (χ2v) is 5.87. The molecule has 1 aromatic heterocycles. The van der Waals surface area contributed by atoms with Crippen LogP contribution in [0.4, 0.5) is 4.39 Å². The maximum absolute atomic E-state index is 13.1. The number of carbonyl (C=O) groups excluding carboxylic acids is 1. The van der Waals surface area contributed by atoms with Crippen LogP contribution in [-0.4, -0.2) is 22.5 Å². The summed E-state index contributed by atoms with van der Waals surface area (Å²) in [6.07, 6.45) is 2.51. The summed E-state index contributed by atoms with van der Waals surface area (Å²) < 4.78 is 13.1. The van der Waals surface area contributed by atoms with Gasteiger partial charge < -0.3 is 15.4 Å². The van der Waals surface area contributed by atoms with Gasteiger partial charge in [0.2, 0.25) is 0 Å². The molecule has 0 fully saturated rings. The molecule has 0 aliphatic heterocycles. The summed E-state index contributed by atoms with van der Waals surface area (Å²) in [5.74, 6) is -0.625. The van der Waals surface area contributed by atoms with E-state index in [-0.39, 0.29) is 18.3 Å². The van der Waals surface area contributed by atoms with Crippen molar-refractivity contribution in [3.63, 3.8) is 0 Å². The van der Waals surface area contributed by atoms with E-state index in [1.165, 1.54) is 12.1 Å². The highest BCUT2D eigenvalue weighted by molar-refractivity contribution is 6.00. The Morgan fingerprint density at radius 1 is 1.16 bits per heavy atom. The van der Waals surface area contributed by atoms with Crippen molar-refractivity contribution < 1.29 is 14.3 Å². The van der Waals surface area contributed by atoms with Gasteiger partial charge in [0.25, 0.3) is 5.91 Å². The van der Waals surface area contributed by atoms with Crippen molar-refractivity contribution >= 4 is 5.91 Å². The standard InChI is InChI=1S/C20H19FN2O2/c1-13-4-2-3-5-16(13)19(24)12-23-20(25)18-11-22-10-17(18)14-6-8-15(21)9-7-14/h2-11,19,22,24H,12H2,1H3,(H,23,25). The molecule has 1 atom stereocenters. The van der Waals surface area contributed by atoms with Crippen LogP contribution in [0.5, 0.6) is 0 Å². The Hall–Kier alpha value is -2.92. The van der Waals surface area contributed by atoms with Gasteiger partial charge in [-0.2, -0.15) is 0 Å². The molecule has 1 amide bonds. The molecule has 128 valence electrons. The van der Waals surface area contributed by atoms with E-state index in [0.29, 0.717) is 11.1 Å². The number of carbonyl (C=O) groups is 1. The van der Waals surface area contributed by atoms with Gasteiger partial charge in [-0.05, 0) is 35.7 Å². The fourth-order valence-corrected chi connectivity index (χ4v) is 2.78. The SMILES string of the molecule is Cc1ccccc1C(O)CNC(=O)c1c[nH]cc1-c1ccc(F)cc1. The molecule has 0 bridgehead atoms. The molecule has 0 aliphatic carbocycles. The highest BCUT2D eigenvalue weighted by atomic mass is 19.1. The molecule has 0 saturated carbocycles. The number of aliphatic hydroxyl groups excluding tert-OH is 1. The Morgan fingerprint density at radius 3 is 2.60 bits per heavy atom. The Kier molecular flexibility index (Phi) is 4.95. The molecule has 0 saturated heterocycles. The normalized spacial score (nSPS) is 12.0. The van der Waals surface area contributed by atoms with E-state index in [2.05, 4.69) is 10.3 Å². The van der Waals surface area contributed by atoms with Crippen molar-refractivity contribution in [3.05, 3.63) is 83.4 Å². The zero-order chi connectivity index (χ0) is 17.8. The van der Waals surface area contributed by atoms with E-state index in [1.807, 2.05) is 31.2 Å². The summed E-state index contributed by atoms with van der Waals surface area (Å²) in [4.78, 5) is 15.4. The number of amides is 1. The van der Waals surface area contributed by atoms with E-state index in [0.717, 1.165) is 16.7 Å². The van der Waals surface area contributed by atoms with Crippen molar-refractivity contribution in [3.8, 4) is 11.1 Å². The molecular formula is C20H19FN2O2. The Labute approximate surface area is 145 Å². The third-order valence-electron chi connectivity index (χ3n) is 4.15. The molecule has 2 aromatic carbocycles. The summed E-state index contributed by atoms with van der Waals surface area (Å²) in [5.41, 5.74) is 3.63. The molecule has 0 radical (unpaired) electrons. The van der Waals surface area contributed by atoms with Crippen molar-refractivity contribution in [1.82, 2.24) is 10.3 Å². The topological polar surface area (TPSA) is 65.1 Å². The molecule has 0 aliphatic rings. The predicted molar refractivity (Wildman–Crippen MR) is 94.7 cm³/mol. The number of benzene rings is 2. The molecule has 3 N–H and O–H groups in total. The summed E-state index contributed by atoms with van der Waals surface area (Å²) >= 11 is 0. The van der Waals surface area contributed by atoms with Crippen LogP contribution in [0, 0.1) is 12.7 Å². The number of nitrogens with one attached hydrogen (secondary N) is 2. The minimum Gasteiger partial charge on any atom is -0.387 e. The minimum atomic E-state index is -0.779. The van der Waals surface area contributed by atoms with Gasteiger partial charge in [0, 0.05) is 24.5 Å². The van der Waals surface area contributed by atoms with Crippen molar-refractivity contribution in [2.24, 2.45) is 0 Å². The lowest BCUT2D eigenvalue weighted by Crippen LogP contribution is -2.28. The maximum Gasteiger partial charge on any atom is 0.253 e. The van der Waals surface area contributed by atoms with E-state index >= 15 is 0 Å². The lowest BCUT2D eigenvalue weighted by molar-refractivity contribution is 0.0916. The van der Waals surface area contributed by atoms with Crippen LogP contribution < -0.4 is 5.32 Å². The molecule has 5 heteroatoms. The highest BCUT2D eigenvalue weighted by Crippen LogP contribution is 2.24. The quantitative estimate of drug-likeness (QED) is 0.665. The van der Waals surface area contributed by atoms with Gasteiger partial charge in [0.05, 0.1) is 11.7 Å². The number of aryl methyl sites for hydroxylation is 1. The van der Waals surface area contributed by atoms with Crippen LogP contribution in [0.15, 0.2) is 60.9 Å². The first-order chi connectivity index (χ1) is 12.1. The summed E-state index contributed by atoms with van der Waals surface area (Å²) in [5, 5.41) is 13.0. The summed E-state index contributed by atoms with van der Waals surface area (Å²) in [6.45, 7) is 2.02. The van der Waals surface area contributed by atoms with E-state index in [4.69, 9.17) is 0 Å². The molecule has 3 aromatic rings. The van der Waals surface area contributed by atoms with Crippen molar-refractivity contribution in [2.45, 2.75) is 13.0 Å². The number of aliphatic hydroxyl groups is 1. The van der Waals surface area contributed by atoms with Crippen LogP contribution in [-0.2, 0) is 0 Å². The lowest BCUT2D eigenvalue weighted by Gasteiger charge is -2.14. The second-order valence-electron chi connectivity index (χ2n) is 5.87. The third kappa shape index (κ3) is 3.78. The Bertz CT molecular complexity index is 871. The van der Waals surface area contributed by atoms with Gasteiger partial charge in [-0.3, -0.25) is 4.79 Å². The van der Waals surface area contributed by atoms with Crippen LogP contribution in [0.3, 0.4) is 0 Å². The van der Waals surface area contributed by atoms with Gasteiger partial charge in [-0.15, -0.1) is 0 Å². The van der Waals surface area contributed by atoms with E-state index < -0.39 is 6.10 Å². The van der Waals surface area contributed by atoms with Crippen LogP contribution in [0.25, 0.3) is 11.1 Å². The first-order valence-corrected chi connectivity index (χ1v) is 8.01. The van der Waals surface area contributed by atoms with Crippen molar-refractivity contribution in [2.75, 3.05) is 6.54 Å². The van der Waals surface area contributed by atoms with E-state index in [9.17, 15) is 14.3 Å². The van der Waals surface area contributed by atoms with Crippen molar-refractivity contribution in [1.29, 1.82) is 0 Å². The number of aromatic amines is 1. The second kappa shape index (κ2) is 7.32. The average Bonchev–Trinajstić information content (AvgIpc) is 3.10. The van der Waals surface area contributed by atoms with Crippen LogP contribution in [0.1, 0.15) is 27.6 Å². The third-order valence-corrected chi connectivity index (χ3v) is 4.15. The zero-order valence-electron chi connectivity index (χ0n) is 13.8. The number of rotatable bonds is 5. The number of halogens is 1. The number of aromatic nitrogens is 1.